The monoisotopic (exact) mass is 396 g/mol. The van der Waals surface area contributed by atoms with Crippen LogP contribution in [0.4, 0.5) is 0 Å². The second-order valence-corrected chi connectivity index (χ2v) is 6.85. The number of rotatable bonds is 7. The van der Waals surface area contributed by atoms with Crippen molar-refractivity contribution >= 4 is 29.3 Å². The van der Waals surface area contributed by atoms with E-state index in [1.54, 1.807) is 40.5 Å². The van der Waals surface area contributed by atoms with Gasteiger partial charge in [0.2, 0.25) is 0 Å². The minimum absolute atomic E-state index is 0.213. The van der Waals surface area contributed by atoms with Crippen LogP contribution in [0.25, 0.3) is 23.3 Å². The number of aryl methyl sites for hydroxylation is 2. The first-order valence-corrected chi connectivity index (χ1v) is 9.60. The zero-order valence-electron chi connectivity index (χ0n) is 16.8. The Kier molecular flexibility index (Phi) is 5.81. The fourth-order valence-electron chi connectivity index (χ4n) is 3.28. The molecule has 3 aromatic rings. The fraction of sp³-hybridized carbons (Fsp3) is 0.333. The van der Waals surface area contributed by atoms with Gasteiger partial charge in [0.25, 0.3) is 5.56 Å². The Bertz CT molecular complexity index is 1200. The van der Waals surface area contributed by atoms with Gasteiger partial charge in [0, 0.05) is 20.1 Å². The molecule has 1 N–H and O–H groups in total. The molecule has 0 bridgehead atoms. The van der Waals surface area contributed by atoms with Crippen molar-refractivity contribution in [3.8, 4) is 0 Å². The maximum atomic E-state index is 12.9. The van der Waals surface area contributed by atoms with Crippen molar-refractivity contribution in [1.82, 2.24) is 18.7 Å². The SMILES string of the molecule is CCCn1c(=O)c2c(nc(C=Cc3ccc(C(=O)O)cc3)n2C)n(CCC)c1=O. The van der Waals surface area contributed by atoms with Crippen LogP contribution in [0, 0.1) is 0 Å². The molecule has 3 rings (SSSR count). The van der Waals surface area contributed by atoms with Crippen LogP contribution in [0.2, 0.25) is 0 Å². The molecule has 0 aliphatic rings. The molecule has 0 atom stereocenters. The molecule has 0 aliphatic carbocycles. The van der Waals surface area contributed by atoms with Gasteiger partial charge in [-0.1, -0.05) is 32.1 Å². The summed E-state index contributed by atoms with van der Waals surface area (Å²) in [6.45, 7) is 4.74. The van der Waals surface area contributed by atoms with Crippen LogP contribution in [0.3, 0.4) is 0 Å². The predicted octanol–water partition coefficient (Wildman–Crippen LogP) is 2.59. The Hall–Kier alpha value is -3.42. The normalized spacial score (nSPS) is 11.6. The highest BCUT2D eigenvalue weighted by Crippen LogP contribution is 2.14. The maximum absolute atomic E-state index is 12.9. The van der Waals surface area contributed by atoms with Crippen LogP contribution >= 0.6 is 0 Å². The highest BCUT2D eigenvalue weighted by Gasteiger charge is 2.18. The Morgan fingerprint density at radius 2 is 1.66 bits per heavy atom. The zero-order chi connectivity index (χ0) is 21.1. The lowest BCUT2D eigenvalue weighted by molar-refractivity contribution is 0.0697. The first-order valence-electron chi connectivity index (χ1n) is 9.60. The first-order chi connectivity index (χ1) is 13.9. The van der Waals surface area contributed by atoms with Gasteiger partial charge in [0.05, 0.1) is 5.56 Å². The summed E-state index contributed by atoms with van der Waals surface area (Å²) in [5, 5.41) is 8.99. The number of carbonyl (C=O) groups is 1. The summed E-state index contributed by atoms with van der Waals surface area (Å²) in [5.74, 6) is -0.439. The second kappa shape index (κ2) is 8.30. The van der Waals surface area contributed by atoms with Crippen LogP contribution in [0.1, 0.15) is 48.4 Å². The average molecular weight is 396 g/mol. The minimum atomic E-state index is -0.979. The number of carboxylic acids is 1. The molecule has 0 unspecified atom stereocenters. The molecule has 0 fully saturated rings. The summed E-state index contributed by atoms with van der Waals surface area (Å²) >= 11 is 0. The quantitative estimate of drug-likeness (QED) is 0.662. The number of nitrogens with zero attached hydrogens (tertiary/aromatic N) is 4. The Morgan fingerprint density at radius 3 is 2.24 bits per heavy atom. The summed E-state index contributed by atoms with van der Waals surface area (Å²) in [5.41, 5.74) is 1.13. The highest BCUT2D eigenvalue weighted by atomic mass is 16.4. The van der Waals surface area contributed by atoms with Gasteiger partial charge in [0.15, 0.2) is 11.2 Å². The second-order valence-electron chi connectivity index (χ2n) is 6.85. The number of imidazole rings is 1. The zero-order valence-corrected chi connectivity index (χ0v) is 16.8. The Labute approximate surface area is 167 Å². The third-order valence-electron chi connectivity index (χ3n) is 4.75. The van der Waals surface area contributed by atoms with Gasteiger partial charge in [-0.2, -0.15) is 0 Å². The number of hydrogen-bond acceptors (Lipinski definition) is 4. The molecule has 8 nitrogen and oxygen atoms in total. The van der Waals surface area contributed by atoms with Gasteiger partial charge in [-0.3, -0.25) is 13.9 Å². The van der Waals surface area contributed by atoms with Crippen LogP contribution in [0.15, 0.2) is 33.9 Å². The number of carboxylic acid groups (broad SMARTS) is 1. The van der Waals surface area contributed by atoms with Crippen molar-refractivity contribution in [2.75, 3.05) is 0 Å². The first kappa shape index (κ1) is 20.3. The van der Waals surface area contributed by atoms with Crippen LogP contribution in [-0.4, -0.2) is 29.8 Å². The standard InChI is InChI=1S/C21H24N4O4/c1-4-12-24-18-17(19(26)25(13-5-2)21(24)29)23(3)16(22-18)11-8-14-6-9-15(10-7-14)20(27)28/h6-11H,4-5,12-13H2,1-3H3,(H,27,28). The molecule has 8 heteroatoms. The topological polar surface area (TPSA) is 99.1 Å². The van der Waals surface area contributed by atoms with Crippen LogP contribution in [-0.2, 0) is 20.1 Å². The molecule has 2 aromatic heterocycles. The average Bonchev–Trinajstić information content (AvgIpc) is 3.03. The summed E-state index contributed by atoms with van der Waals surface area (Å²) < 4.78 is 4.53. The Balaban J connectivity index is 2.12. The molecule has 2 heterocycles. The summed E-state index contributed by atoms with van der Waals surface area (Å²) in [6, 6.07) is 6.45. The van der Waals surface area contributed by atoms with Crippen molar-refractivity contribution in [2.24, 2.45) is 7.05 Å². The highest BCUT2D eigenvalue weighted by molar-refractivity contribution is 5.88. The largest absolute Gasteiger partial charge is 0.478 e. The van der Waals surface area contributed by atoms with Crippen molar-refractivity contribution in [1.29, 1.82) is 0 Å². The molecule has 152 valence electrons. The van der Waals surface area contributed by atoms with E-state index in [2.05, 4.69) is 4.98 Å². The fourth-order valence-corrected chi connectivity index (χ4v) is 3.28. The van der Waals surface area contributed by atoms with E-state index in [9.17, 15) is 14.4 Å². The molecule has 1 aromatic carbocycles. The number of aromatic carboxylic acids is 1. The van der Waals surface area contributed by atoms with E-state index in [0.29, 0.717) is 36.5 Å². The molecule has 0 saturated carbocycles. The number of benzene rings is 1. The van der Waals surface area contributed by atoms with Crippen LogP contribution in [0.5, 0.6) is 0 Å². The lowest BCUT2D eigenvalue weighted by Crippen LogP contribution is -2.40. The van der Waals surface area contributed by atoms with Crippen molar-refractivity contribution in [3.05, 3.63) is 62.1 Å². The van der Waals surface area contributed by atoms with Gasteiger partial charge in [-0.05, 0) is 36.6 Å². The molecule has 0 saturated heterocycles. The van der Waals surface area contributed by atoms with E-state index >= 15 is 0 Å². The summed E-state index contributed by atoms with van der Waals surface area (Å²) in [4.78, 5) is 41.2. The molecule has 0 spiro atoms. The van der Waals surface area contributed by atoms with Gasteiger partial charge in [-0.15, -0.1) is 0 Å². The molecular weight excluding hydrogens is 372 g/mol. The van der Waals surface area contributed by atoms with Gasteiger partial charge in [0.1, 0.15) is 5.82 Å². The molecule has 29 heavy (non-hydrogen) atoms. The van der Waals surface area contributed by atoms with Crippen LogP contribution < -0.4 is 11.2 Å². The Morgan fingerprint density at radius 1 is 1.03 bits per heavy atom. The lowest BCUT2D eigenvalue weighted by atomic mass is 10.1. The predicted molar refractivity (Wildman–Crippen MR) is 112 cm³/mol. The maximum Gasteiger partial charge on any atom is 0.335 e. The molecule has 0 amide bonds. The van der Waals surface area contributed by atoms with Crippen molar-refractivity contribution in [3.63, 3.8) is 0 Å². The number of hydrogen-bond donors (Lipinski definition) is 1. The van der Waals surface area contributed by atoms with E-state index < -0.39 is 5.97 Å². The molecular formula is C21H24N4O4. The smallest absolute Gasteiger partial charge is 0.335 e. The van der Waals surface area contributed by atoms with Gasteiger partial charge < -0.3 is 9.67 Å². The van der Waals surface area contributed by atoms with Gasteiger partial charge >= 0.3 is 11.7 Å². The number of aromatic nitrogens is 4. The van der Waals surface area contributed by atoms with E-state index in [-0.39, 0.29) is 16.8 Å². The van der Waals surface area contributed by atoms with Crippen molar-refractivity contribution < 1.29 is 9.90 Å². The molecule has 0 radical (unpaired) electrons. The molecule has 0 aliphatic heterocycles. The lowest BCUT2D eigenvalue weighted by Gasteiger charge is -2.10. The van der Waals surface area contributed by atoms with Crippen molar-refractivity contribution in [2.45, 2.75) is 39.8 Å². The third-order valence-corrected chi connectivity index (χ3v) is 4.75. The van der Waals surface area contributed by atoms with E-state index in [0.717, 1.165) is 12.0 Å². The summed E-state index contributed by atoms with van der Waals surface area (Å²) in [6.07, 6.45) is 4.97. The van der Waals surface area contributed by atoms with Gasteiger partial charge in [-0.25, -0.2) is 14.6 Å². The van der Waals surface area contributed by atoms with E-state index in [1.807, 2.05) is 13.8 Å². The minimum Gasteiger partial charge on any atom is -0.478 e. The van der Waals surface area contributed by atoms with E-state index in [4.69, 9.17) is 5.11 Å². The van der Waals surface area contributed by atoms with E-state index in [1.165, 1.54) is 16.7 Å². The number of fused-ring (bicyclic) bond motifs is 1. The third kappa shape index (κ3) is 3.78. The summed E-state index contributed by atoms with van der Waals surface area (Å²) in [7, 11) is 1.75.